The Morgan fingerprint density at radius 3 is 1.89 bits per heavy atom. The van der Waals surface area contributed by atoms with Crippen LogP contribution in [0.4, 0.5) is 0 Å². The van der Waals surface area contributed by atoms with Crippen molar-refractivity contribution in [2.45, 2.75) is 52.4 Å². The molecule has 0 atom stereocenters. The predicted molar refractivity (Wildman–Crippen MR) is 83.0 cm³/mol. The Kier molecular flexibility index (Phi) is 3.12. The molecule has 2 rings (SSSR count). The van der Waals surface area contributed by atoms with Crippen LogP contribution in [0.15, 0.2) is 30.3 Å². The minimum absolute atomic E-state index is 0.0407. The summed E-state index contributed by atoms with van der Waals surface area (Å²) >= 11 is 0. The third-order valence-corrected chi connectivity index (χ3v) is 3.63. The molecule has 0 heterocycles. The van der Waals surface area contributed by atoms with E-state index in [0.717, 1.165) is 10.9 Å². The van der Waals surface area contributed by atoms with E-state index in [9.17, 15) is 5.11 Å². The van der Waals surface area contributed by atoms with Crippen LogP contribution in [0.2, 0.25) is 0 Å². The van der Waals surface area contributed by atoms with Crippen LogP contribution in [0.25, 0.3) is 10.8 Å². The highest BCUT2D eigenvalue weighted by Gasteiger charge is 2.19. The summed E-state index contributed by atoms with van der Waals surface area (Å²) in [6.07, 6.45) is 0. The first kappa shape index (κ1) is 13.9. The minimum atomic E-state index is -0.0407. The van der Waals surface area contributed by atoms with Crippen molar-refractivity contribution in [3.8, 4) is 5.75 Å². The number of hydrogen-bond acceptors (Lipinski definition) is 1. The fourth-order valence-corrected chi connectivity index (χ4v) is 2.35. The summed E-state index contributed by atoms with van der Waals surface area (Å²) in [4.78, 5) is 0. The lowest BCUT2D eigenvalue weighted by molar-refractivity contribution is 0.448. The second-order valence-corrected chi connectivity index (χ2v) is 7.43. The van der Waals surface area contributed by atoms with Crippen LogP contribution in [-0.4, -0.2) is 5.11 Å². The smallest absolute Gasteiger partial charge is 0.119 e. The van der Waals surface area contributed by atoms with Gasteiger partial charge in [-0.15, -0.1) is 0 Å². The normalized spacial score (nSPS) is 12.9. The molecule has 19 heavy (non-hydrogen) atoms. The number of benzene rings is 2. The van der Waals surface area contributed by atoms with Gasteiger partial charge < -0.3 is 5.11 Å². The van der Waals surface area contributed by atoms with Crippen LogP contribution in [0.1, 0.15) is 52.7 Å². The average molecular weight is 256 g/mol. The van der Waals surface area contributed by atoms with Gasteiger partial charge in [0, 0.05) is 0 Å². The Labute approximate surface area is 116 Å². The molecule has 0 saturated carbocycles. The summed E-state index contributed by atoms with van der Waals surface area (Å²) < 4.78 is 0. The summed E-state index contributed by atoms with van der Waals surface area (Å²) in [7, 11) is 0. The number of phenols is 1. The van der Waals surface area contributed by atoms with Gasteiger partial charge in [-0.05, 0) is 44.9 Å². The van der Waals surface area contributed by atoms with E-state index in [2.05, 4.69) is 65.8 Å². The molecule has 102 valence electrons. The lowest BCUT2D eigenvalue weighted by atomic mass is 9.83. The lowest BCUT2D eigenvalue weighted by Crippen LogP contribution is -2.12. The zero-order chi connectivity index (χ0) is 14.4. The number of phenolic OH excluding ortho intramolecular Hbond substituents is 1. The summed E-state index contributed by atoms with van der Waals surface area (Å²) in [6, 6.07) is 10.5. The highest BCUT2D eigenvalue weighted by Crippen LogP contribution is 2.35. The molecule has 2 aromatic rings. The molecule has 0 radical (unpaired) electrons. The van der Waals surface area contributed by atoms with Crippen LogP contribution in [0, 0.1) is 0 Å². The standard InChI is InChI=1S/C18H24O/c1-17(2,3)14-8-7-12-10-15(18(4,5)6)16(19)11-13(12)9-14/h7-11,19H,1-6H3. The zero-order valence-corrected chi connectivity index (χ0v) is 12.8. The number of fused-ring (bicyclic) bond motifs is 1. The average Bonchev–Trinajstić information content (AvgIpc) is 2.24. The molecule has 0 spiro atoms. The van der Waals surface area contributed by atoms with E-state index in [1.54, 1.807) is 0 Å². The van der Waals surface area contributed by atoms with Gasteiger partial charge in [-0.2, -0.15) is 0 Å². The Morgan fingerprint density at radius 2 is 1.37 bits per heavy atom. The Hall–Kier alpha value is -1.50. The van der Waals surface area contributed by atoms with E-state index >= 15 is 0 Å². The quantitative estimate of drug-likeness (QED) is 0.692. The van der Waals surface area contributed by atoms with Crippen LogP contribution >= 0.6 is 0 Å². The van der Waals surface area contributed by atoms with E-state index in [1.807, 2.05) is 6.07 Å². The number of hydrogen-bond donors (Lipinski definition) is 1. The van der Waals surface area contributed by atoms with Crippen molar-refractivity contribution in [3.63, 3.8) is 0 Å². The van der Waals surface area contributed by atoms with Crippen molar-refractivity contribution in [1.82, 2.24) is 0 Å². The van der Waals surface area contributed by atoms with Crippen molar-refractivity contribution in [3.05, 3.63) is 41.5 Å². The molecule has 0 aromatic heterocycles. The van der Waals surface area contributed by atoms with Gasteiger partial charge in [0.05, 0.1) is 0 Å². The summed E-state index contributed by atoms with van der Waals surface area (Å²) in [5.41, 5.74) is 2.39. The molecule has 0 saturated heterocycles. The van der Waals surface area contributed by atoms with E-state index in [0.29, 0.717) is 5.75 Å². The largest absolute Gasteiger partial charge is 0.508 e. The van der Waals surface area contributed by atoms with Crippen molar-refractivity contribution >= 4 is 10.8 Å². The predicted octanol–water partition coefficient (Wildman–Crippen LogP) is 5.14. The molecule has 0 aliphatic carbocycles. The highest BCUT2D eigenvalue weighted by atomic mass is 16.3. The minimum Gasteiger partial charge on any atom is -0.508 e. The second-order valence-electron chi connectivity index (χ2n) is 7.43. The van der Waals surface area contributed by atoms with Gasteiger partial charge in [-0.25, -0.2) is 0 Å². The van der Waals surface area contributed by atoms with Crippen molar-refractivity contribution in [2.24, 2.45) is 0 Å². The second kappa shape index (κ2) is 4.26. The van der Waals surface area contributed by atoms with Gasteiger partial charge >= 0.3 is 0 Å². The first-order chi connectivity index (χ1) is 8.59. The van der Waals surface area contributed by atoms with Crippen LogP contribution < -0.4 is 0 Å². The maximum absolute atomic E-state index is 10.2. The molecular formula is C18H24O. The number of aromatic hydroxyl groups is 1. The number of rotatable bonds is 0. The molecule has 1 nitrogen and oxygen atoms in total. The topological polar surface area (TPSA) is 20.2 Å². The molecule has 0 unspecified atom stereocenters. The third kappa shape index (κ3) is 2.75. The fourth-order valence-electron chi connectivity index (χ4n) is 2.35. The van der Waals surface area contributed by atoms with Gasteiger partial charge in [0.1, 0.15) is 5.75 Å². The maximum atomic E-state index is 10.2. The first-order valence-corrected chi connectivity index (χ1v) is 6.87. The molecule has 0 aliphatic rings. The van der Waals surface area contributed by atoms with E-state index in [4.69, 9.17) is 0 Å². The van der Waals surface area contributed by atoms with E-state index in [1.165, 1.54) is 10.9 Å². The summed E-state index contributed by atoms with van der Waals surface area (Å²) in [5, 5.41) is 12.5. The van der Waals surface area contributed by atoms with Crippen LogP contribution in [0.3, 0.4) is 0 Å². The lowest BCUT2D eigenvalue weighted by Gasteiger charge is -2.23. The Bertz CT molecular complexity index is 610. The van der Waals surface area contributed by atoms with Crippen LogP contribution in [-0.2, 0) is 10.8 Å². The van der Waals surface area contributed by atoms with E-state index < -0.39 is 0 Å². The van der Waals surface area contributed by atoms with Crippen molar-refractivity contribution in [1.29, 1.82) is 0 Å². The molecule has 0 bridgehead atoms. The molecule has 0 fully saturated rings. The Balaban J connectivity index is 2.65. The highest BCUT2D eigenvalue weighted by molar-refractivity contribution is 5.86. The SMILES string of the molecule is CC(C)(C)c1ccc2cc(C(C)(C)C)c(O)cc2c1. The molecule has 1 heteroatoms. The van der Waals surface area contributed by atoms with Crippen LogP contribution in [0.5, 0.6) is 5.75 Å². The Morgan fingerprint density at radius 1 is 0.737 bits per heavy atom. The fraction of sp³-hybridized carbons (Fsp3) is 0.444. The van der Waals surface area contributed by atoms with Gasteiger partial charge in [0.25, 0.3) is 0 Å². The third-order valence-electron chi connectivity index (χ3n) is 3.63. The molecule has 0 aliphatic heterocycles. The first-order valence-electron chi connectivity index (χ1n) is 6.87. The molecular weight excluding hydrogens is 232 g/mol. The van der Waals surface area contributed by atoms with Gasteiger partial charge in [0.15, 0.2) is 0 Å². The molecule has 1 N–H and O–H groups in total. The monoisotopic (exact) mass is 256 g/mol. The summed E-state index contributed by atoms with van der Waals surface area (Å²) in [6.45, 7) is 13.0. The van der Waals surface area contributed by atoms with Gasteiger partial charge in [0.2, 0.25) is 0 Å². The van der Waals surface area contributed by atoms with Crippen molar-refractivity contribution < 1.29 is 5.11 Å². The molecule has 2 aromatic carbocycles. The maximum Gasteiger partial charge on any atom is 0.119 e. The van der Waals surface area contributed by atoms with Gasteiger partial charge in [-0.3, -0.25) is 0 Å². The van der Waals surface area contributed by atoms with E-state index in [-0.39, 0.29) is 10.8 Å². The van der Waals surface area contributed by atoms with Crippen molar-refractivity contribution in [2.75, 3.05) is 0 Å². The zero-order valence-electron chi connectivity index (χ0n) is 12.8. The summed E-state index contributed by atoms with van der Waals surface area (Å²) in [5.74, 6) is 0.394. The van der Waals surface area contributed by atoms with Gasteiger partial charge in [-0.1, -0.05) is 59.7 Å². The molecule has 0 amide bonds.